The van der Waals surface area contributed by atoms with E-state index in [-0.39, 0.29) is 11.5 Å². The fourth-order valence-electron chi connectivity index (χ4n) is 1.13. The van der Waals surface area contributed by atoms with Gasteiger partial charge in [0.15, 0.2) is 0 Å². The summed E-state index contributed by atoms with van der Waals surface area (Å²) < 4.78 is 23.8. The van der Waals surface area contributed by atoms with Crippen LogP contribution in [0, 0.1) is 0 Å². The molecular formula is C6H12N2O3S. The van der Waals surface area contributed by atoms with Gasteiger partial charge >= 0.3 is 0 Å². The van der Waals surface area contributed by atoms with Gasteiger partial charge in [-0.3, -0.25) is 0 Å². The Kier molecular flexibility index (Phi) is 1.92. The average Bonchev–Trinajstić information content (AvgIpc) is 2.11. The molecule has 1 heterocycles. The van der Waals surface area contributed by atoms with E-state index in [9.17, 15) is 8.42 Å². The zero-order chi connectivity index (χ0) is 9.57. The molecular weight excluding hydrogens is 180 g/mol. The van der Waals surface area contributed by atoms with Gasteiger partial charge in [-0.05, 0) is 13.8 Å². The molecule has 0 spiro atoms. The molecule has 1 N–H and O–H groups in total. The number of hydrogen-bond donors (Lipinski definition) is 1. The normalized spacial score (nSPS) is 31.1. The predicted octanol–water partition coefficient (Wildman–Crippen LogP) is -0.130. The summed E-state index contributed by atoms with van der Waals surface area (Å²) in [6.45, 7) is 3.40. The van der Waals surface area contributed by atoms with Crippen molar-refractivity contribution in [1.29, 1.82) is 0 Å². The van der Waals surface area contributed by atoms with Crippen molar-refractivity contribution in [1.82, 2.24) is 4.31 Å². The second-order valence-electron chi connectivity index (χ2n) is 3.33. The highest BCUT2D eigenvalue weighted by molar-refractivity contribution is 7.90. The molecule has 0 aromatic rings. The van der Waals surface area contributed by atoms with Crippen LogP contribution in [0.4, 0.5) is 0 Å². The highest BCUT2D eigenvalue weighted by Crippen LogP contribution is 2.26. The second kappa shape index (κ2) is 2.43. The first-order valence-corrected chi connectivity index (χ1v) is 5.11. The summed E-state index contributed by atoms with van der Waals surface area (Å²) in [5, 5.41) is 11.5. The third-order valence-electron chi connectivity index (χ3n) is 2.35. The SMILES string of the molecule is CN1C(C)(C)/C(=N/O)CS1(=O)=O. The molecule has 70 valence electrons. The Morgan fingerprint density at radius 2 is 2.08 bits per heavy atom. The number of hydrogen-bond acceptors (Lipinski definition) is 4. The summed E-state index contributed by atoms with van der Waals surface area (Å²) in [5.74, 6) is -0.188. The quantitative estimate of drug-likeness (QED) is 0.429. The molecule has 1 rings (SSSR count). The van der Waals surface area contributed by atoms with Gasteiger partial charge in [0.2, 0.25) is 10.0 Å². The Labute approximate surface area is 71.7 Å². The molecule has 0 aromatic carbocycles. The number of rotatable bonds is 0. The molecule has 1 fully saturated rings. The van der Waals surface area contributed by atoms with Crippen molar-refractivity contribution in [3.05, 3.63) is 0 Å². The molecule has 0 radical (unpaired) electrons. The van der Waals surface area contributed by atoms with Gasteiger partial charge in [0.05, 0.1) is 11.3 Å². The van der Waals surface area contributed by atoms with Crippen LogP contribution in [0.5, 0.6) is 0 Å². The van der Waals surface area contributed by atoms with Crippen LogP contribution in [0.25, 0.3) is 0 Å². The van der Waals surface area contributed by atoms with Gasteiger partial charge in [0.1, 0.15) is 5.75 Å². The molecule has 0 atom stereocenters. The molecule has 0 unspecified atom stereocenters. The Balaban J connectivity index is 3.23. The summed E-state index contributed by atoms with van der Waals surface area (Å²) in [7, 11) is -1.77. The highest BCUT2D eigenvalue weighted by Gasteiger charge is 2.46. The van der Waals surface area contributed by atoms with Crippen molar-refractivity contribution in [2.45, 2.75) is 19.4 Å². The van der Waals surface area contributed by atoms with Gasteiger partial charge in [0.25, 0.3) is 0 Å². The van der Waals surface area contributed by atoms with Crippen molar-refractivity contribution in [2.24, 2.45) is 5.16 Å². The fraction of sp³-hybridized carbons (Fsp3) is 0.833. The first kappa shape index (κ1) is 9.47. The van der Waals surface area contributed by atoms with E-state index in [1.54, 1.807) is 13.8 Å². The van der Waals surface area contributed by atoms with Crippen molar-refractivity contribution in [3.8, 4) is 0 Å². The van der Waals surface area contributed by atoms with Gasteiger partial charge < -0.3 is 5.21 Å². The summed E-state index contributed by atoms with van der Waals surface area (Å²) in [6.07, 6.45) is 0. The molecule has 6 heteroatoms. The Morgan fingerprint density at radius 1 is 1.58 bits per heavy atom. The minimum absolute atomic E-state index is 0.188. The van der Waals surface area contributed by atoms with Gasteiger partial charge in [-0.2, -0.15) is 4.31 Å². The van der Waals surface area contributed by atoms with Crippen molar-refractivity contribution < 1.29 is 13.6 Å². The van der Waals surface area contributed by atoms with Crippen LogP contribution in [0.2, 0.25) is 0 Å². The number of oxime groups is 1. The van der Waals surface area contributed by atoms with E-state index in [2.05, 4.69) is 5.16 Å². The van der Waals surface area contributed by atoms with Crippen LogP contribution in [-0.4, -0.2) is 42.0 Å². The highest BCUT2D eigenvalue weighted by atomic mass is 32.2. The fourth-order valence-corrected chi connectivity index (χ4v) is 2.88. The lowest BCUT2D eigenvalue weighted by molar-refractivity contribution is 0.302. The van der Waals surface area contributed by atoms with Crippen LogP contribution in [-0.2, 0) is 10.0 Å². The second-order valence-corrected chi connectivity index (χ2v) is 5.33. The molecule has 0 aromatic heterocycles. The summed E-state index contributed by atoms with van der Waals surface area (Å²) in [4.78, 5) is 0. The number of nitrogens with zero attached hydrogens (tertiary/aromatic N) is 2. The van der Waals surface area contributed by atoms with E-state index in [0.717, 1.165) is 0 Å². The Bertz CT molecular complexity index is 318. The van der Waals surface area contributed by atoms with Gasteiger partial charge in [-0.25, -0.2) is 8.42 Å². The molecule has 0 saturated carbocycles. The lowest BCUT2D eigenvalue weighted by atomic mass is 10.0. The molecule has 1 aliphatic rings. The van der Waals surface area contributed by atoms with Crippen LogP contribution in [0.1, 0.15) is 13.8 Å². The monoisotopic (exact) mass is 192 g/mol. The third kappa shape index (κ3) is 1.11. The zero-order valence-corrected chi connectivity index (χ0v) is 8.09. The van der Waals surface area contributed by atoms with Crippen molar-refractivity contribution >= 4 is 15.7 Å². The van der Waals surface area contributed by atoms with Crippen LogP contribution in [0.15, 0.2) is 5.16 Å². The van der Waals surface area contributed by atoms with E-state index in [1.807, 2.05) is 0 Å². The molecule has 0 bridgehead atoms. The first-order valence-electron chi connectivity index (χ1n) is 3.50. The minimum Gasteiger partial charge on any atom is -0.411 e. The molecule has 0 aliphatic carbocycles. The molecule has 5 nitrogen and oxygen atoms in total. The number of sulfonamides is 1. The van der Waals surface area contributed by atoms with E-state index >= 15 is 0 Å². The van der Waals surface area contributed by atoms with Gasteiger partial charge in [0, 0.05) is 7.05 Å². The van der Waals surface area contributed by atoms with E-state index in [0.29, 0.717) is 0 Å². The average molecular weight is 192 g/mol. The largest absolute Gasteiger partial charge is 0.411 e. The minimum atomic E-state index is -3.25. The first-order chi connectivity index (χ1) is 5.32. The lowest BCUT2D eigenvalue weighted by Crippen LogP contribution is -2.41. The zero-order valence-electron chi connectivity index (χ0n) is 7.27. The van der Waals surface area contributed by atoms with Crippen LogP contribution in [0.3, 0.4) is 0 Å². The van der Waals surface area contributed by atoms with E-state index in [1.165, 1.54) is 11.4 Å². The smallest absolute Gasteiger partial charge is 0.220 e. The van der Waals surface area contributed by atoms with Crippen LogP contribution < -0.4 is 0 Å². The van der Waals surface area contributed by atoms with E-state index < -0.39 is 15.6 Å². The Morgan fingerprint density at radius 3 is 2.25 bits per heavy atom. The maximum absolute atomic E-state index is 11.3. The molecule has 12 heavy (non-hydrogen) atoms. The lowest BCUT2D eigenvalue weighted by Gasteiger charge is -2.24. The Hall–Kier alpha value is -0.620. The summed E-state index contributed by atoms with van der Waals surface area (Å²) in [6, 6.07) is 0. The standard InChI is InChI=1S/C6H12N2O3S/c1-6(2)5(7-9)4-12(10,11)8(6)3/h9H,4H2,1-3H3/b7-5+. The maximum Gasteiger partial charge on any atom is 0.220 e. The van der Waals surface area contributed by atoms with Crippen LogP contribution >= 0.6 is 0 Å². The van der Waals surface area contributed by atoms with Gasteiger partial charge in [-0.1, -0.05) is 5.16 Å². The molecule has 1 saturated heterocycles. The summed E-state index contributed by atoms with van der Waals surface area (Å²) >= 11 is 0. The van der Waals surface area contributed by atoms with Gasteiger partial charge in [-0.15, -0.1) is 0 Å². The molecule has 0 amide bonds. The maximum atomic E-state index is 11.3. The topological polar surface area (TPSA) is 70.0 Å². The van der Waals surface area contributed by atoms with Crippen molar-refractivity contribution in [2.75, 3.05) is 12.8 Å². The third-order valence-corrected chi connectivity index (χ3v) is 4.28. The van der Waals surface area contributed by atoms with Crippen molar-refractivity contribution in [3.63, 3.8) is 0 Å². The summed E-state index contributed by atoms with van der Waals surface area (Å²) in [5.41, 5.74) is -0.418. The predicted molar refractivity (Wildman–Crippen MR) is 44.9 cm³/mol. The van der Waals surface area contributed by atoms with E-state index in [4.69, 9.17) is 5.21 Å². The molecule has 1 aliphatic heterocycles.